The van der Waals surface area contributed by atoms with Gasteiger partial charge >= 0.3 is 0 Å². The van der Waals surface area contributed by atoms with Crippen molar-refractivity contribution < 1.29 is 0 Å². The number of nitrogens with two attached hydrogens (primary N) is 1. The Labute approximate surface area is 105 Å². The molecule has 0 spiro atoms. The fourth-order valence-electron chi connectivity index (χ4n) is 1.35. The van der Waals surface area contributed by atoms with Gasteiger partial charge in [-0.3, -0.25) is 4.98 Å². The monoisotopic (exact) mass is 246 g/mol. The maximum atomic E-state index is 5.22. The zero-order chi connectivity index (χ0) is 11.9. The number of hydrogen-bond donors (Lipinski definition) is 2. The molecule has 0 aliphatic heterocycles. The normalized spacial score (nSPS) is 10.2. The molecule has 0 fully saturated rings. The highest BCUT2D eigenvalue weighted by atomic mass is 32.2. The SMILES string of the molecule is NNc1cnc(CSCc2ccccc2)cn1. The first-order valence-electron chi connectivity index (χ1n) is 5.27. The minimum absolute atomic E-state index is 0.585. The van der Waals surface area contributed by atoms with E-state index in [0.29, 0.717) is 5.82 Å². The molecule has 0 unspecified atom stereocenters. The third-order valence-electron chi connectivity index (χ3n) is 2.21. The molecule has 4 nitrogen and oxygen atoms in total. The Bertz CT molecular complexity index is 444. The Morgan fingerprint density at radius 3 is 2.53 bits per heavy atom. The molecule has 0 saturated carbocycles. The van der Waals surface area contributed by atoms with Crippen molar-refractivity contribution in [1.82, 2.24) is 9.97 Å². The van der Waals surface area contributed by atoms with Gasteiger partial charge in [0.2, 0.25) is 0 Å². The van der Waals surface area contributed by atoms with E-state index in [4.69, 9.17) is 5.84 Å². The van der Waals surface area contributed by atoms with Gasteiger partial charge in [0, 0.05) is 11.5 Å². The van der Waals surface area contributed by atoms with E-state index in [1.54, 1.807) is 12.4 Å². The van der Waals surface area contributed by atoms with E-state index >= 15 is 0 Å². The van der Waals surface area contributed by atoms with Crippen LogP contribution in [0.2, 0.25) is 0 Å². The number of rotatable bonds is 5. The van der Waals surface area contributed by atoms with E-state index in [-0.39, 0.29) is 0 Å². The van der Waals surface area contributed by atoms with Gasteiger partial charge in [0.1, 0.15) is 0 Å². The summed E-state index contributed by atoms with van der Waals surface area (Å²) in [5.74, 6) is 7.64. The summed E-state index contributed by atoms with van der Waals surface area (Å²) in [5, 5.41) is 0. The van der Waals surface area contributed by atoms with Crippen molar-refractivity contribution in [3.8, 4) is 0 Å². The van der Waals surface area contributed by atoms with Crippen LogP contribution in [0.1, 0.15) is 11.3 Å². The average Bonchev–Trinajstić information content (AvgIpc) is 2.41. The molecule has 17 heavy (non-hydrogen) atoms. The van der Waals surface area contributed by atoms with Gasteiger partial charge in [0.25, 0.3) is 0 Å². The topological polar surface area (TPSA) is 63.8 Å². The number of anilines is 1. The van der Waals surface area contributed by atoms with Gasteiger partial charge in [0.05, 0.1) is 18.1 Å². The minimum atomic E-state index is 0.585. The molecule has 2 aromatic rings. The van der Waals surface area contributed by atoms with Crippen molar-refractivity contribution in [2.24, 2.45) is 5.84 Å². The molecular weight excluding hydrogens is 232 g/mol. The molecule has 0 aliphatic carbocycles. The molecule has 0 aliphatic rings. The zero-order valence-corrected chi connectivity index (χ0v) is 10.2. The zero-order valence-electron chi connectivity index (χ0n) is 9.34. The standard InChI is InChI=1S/C12H14N4S/c13-16-12-7-14-11(6-15-12)9-17-8-10-4-2-1-3-5-10/h1-7H,8-9,13H2,(H,15,16). The molecule has 0 amide bonds. The number of nitrogens with zero attached hydrogens (tertiary/aromatic N) is 2. The van der Waals surface area contributed by atoms with Crippen LogP contribution in [0, 0.1) is 0 Å². The third-order valence-corrected chi connectivity index (χ3v) is 3.25. The van der Waals surface area contributed by atoms with Crippen LogP contribution >= 0.6 is 11.8 Å². The highest BCUT2D eigenvalue weighted by Crippen LogP contribution is 2.16. The second-order valence-corrected chi connectivity index (χ2v) is 4.50. The molecule has 0 radical (unpaired) electrons. The smallest absolute Gasteiger partial charge is 0.158 e. The van der Waals surface area contributed by atoms with Crippen LogP contribution in [0.3, 0.4) is 0 Å². The molecule has 1 aromatic heterocycles. The van der Waals surface area contributed by atoms with Crippen molar-refractivity contribution in [3.05, 3.63) is 54.0 Å². The lowest BCUT2D eigenvalue weighted by Gasteiger charge is -2.02. The maximum absolute atomic E-state index is 5.22. The summed E-state index contributed by atoms with van der Waals surface area (Å²) in [4.78, 5) is 8.37. The van der Waals surface area contributed by atoms with E-state index in [1.807, 2.05) is 17.8 Å². The van der Waals surface area contributed by atoms with Crippen LogP contribution in [-0.4, -0.2) is 9.97 Å². The number of hydrogen-bond acceptors (Lipinski definition) is 5. The summed E-state index contributed by atoms with van der Waals surface area (Å²) in [6, 6.07) is 10.4. The van der Waals surface area contributed by atoms with Gasteiger partial charge < -0.3 is 5.43 Å². The lowest BCUT2D eigenvalue weighted by atomic mass is 10.2. The summed E-state index contributed by atoms with van der Waals surface area (Å²) in [5.41, 5.74) is 4.74. The number of thioether (sulfide) groups is 1. The summed E-state index contributed by atoms with van der Waals surface area (Å²) in [6.07, 6.45) is 3.38. The van der Waals surface area contributed by atoms with Gasteiger partial charge in [-0.15, -0.1) is 0 Å². The maximum Gasteiger partial charge on any atom is 0.158 e. The fourth-order valence-corrected chi connectivity index (χ4v) is 2.24. The highest BCUT2D eigenvalue weighted by molar-refractivity contribution is 7.97. The molecule has 0 bridgehead atoms. The average molecular weight is 246 g/mol. The number of nitrogens with one attached hydrogen (secondary N) is 1. The van der Waals surface area contributed by atoms with Crippen molar-refractivity contribution in [3.63, 3.8) is 0 Å². The Balaban J connectivity index is 1.82. The van der Waals surface area contributed by atoms with Crippen LogP contribution < -0.4 is 11.3 Å². The number of nitrogen functional groups attached to an aromatic ring is 1. The van der Waals surface area contributed by atoms with Crippen molar-refractivity contribution >= 4 is 17.6 Å². The van der Waals surface area contributed by atoms with E-state index in [9.17, 15) is 0 Å². The fraction of sp³-hybridized carbons (Fsp3) is 0.167. The quantitative estimate of drug-likeness (QED) is 0.625. The molecule has 5 heteroatoms. The van der Waals surface area contributed by atoms with E-state index in [0.717, 1.165) is 17.2 Å². The van der Waals surface area contributed by atoms with Crippen LogP contribution in [0.25, 0.3) is 0 Å². The molecule has 2 rings (SSSR count). The second-order valence-electron chi connectivity index (χ2n) is 3.52. The van der Waals surface area contributed by atoms with Gasteiger partial charge in [-0.1, -0.05) is 30.3 Å². The molecule has 88 valence electrons. The summed E-state index contributed by atoms with van der Waals surface area (Å²) < 4.78 is 0. The van der Waals surface area contributed by atoms with Gasteiger partial charge in [-0.25, -0.2) is 10.8 Å². The predicted octanol–water partition coefficient (Wildman–Crippen LogP) is 2.20. The Morgan fingerprint density at radius 2 is 1.88 bits per heavy atom. The molecule has 1 heterocycles. The van der Waals surface area contributed by atoms with E-state index in [1.165, 1.54) is 5.56 Å². The lowest BCUT2D eigenvalue weighted by Crippen LogP contribution is -2.08. The molecule has 0 atom stereocenters. The first kappa shape index (κ1) is 11.9. The van der Waals surface area contributed by atoms with Gasteiger partial charge in [0.15, 0.2) is 5.82 Å². The molecular formula is C12H14N4S. The Kier molecular flexibility index (Phi) is 4.35. The second kappa shape index (κ2) is 6.22. The Morgan fingerprint density at radius 1 is 1.06 bits per heavy atom. The Hall–Kier alpha value is -1.59. The van der Waals surface area contributed by atoms with E-state index in [2.05, 4.69) is 39.7 Å². The highest BCUT2D eigenvalue weighted by Gasteiger charge is 1.98. The number of hydrazine groups is 1. The minimum Gasteiger partial charge on any atom is -0.307 e. The van der Waals surface area contributed by atoms with Crippen molar-refractivity contribution in [1.29, 1.82) is 0 Å². The predicted molar refractivity (Wildman–Crippen MR) is 71.3 cm³/mol. The first-order chi connectivity index (χ1) is 8.38. The number of aromatic nitrogens is 2. The molecule has 1 aromatic carbocycles. The summed E-state index contributed by atoms with van der Waals surface area (Å²) >= 11 is 1.82. The summed E-state index contributed by atoms with van der Waals surface area (Å²) in [6.45, 7) is 0. The third kappa shape index (κ3) is 3.72. The summed E-state index contributed by atoms with van der Waals surface area (Å²) in [7, 11) is 0. The van der Waals surface area contributed by atoms with Crippen LogP contribution in [0.5, 0.6) is 0 Å². The molecule has 3 N–H and O–H groups in total. The van der Waals surface area contributed by atoms with Crippen LogP contribution in [0.15, 0.2) is 42.7 Å². The van der Waals surface area contributed by atoms with Gasteiger partial charge in [-0.2, -0.15) is 11.8 Å². The van der Waals surface area contributed by atoms with Crippen molar-refractivity contribution in [2.75, 3.05) is 5.43 Å². The van der Waals surface area contributed by atoms with Crippen molar-refractivity contribution in [2.45, 2.75) is 11.5 Å². The molecule has 0 saturated heterocycles. The first-order valence-corrected chi connectivity index (χ1v) is 6.43. The largest absolute Gasteiger partial charge is 0.307 e. The number of benzene rings is 1. The van der Waals surface area contributed by atoms with Gasteiger partial charge in [-0.05, 0) is 5.56 Å². The van der Waals surface area contributed by atoms with Crippen LogP contribution in [-0.2, 0) is 11.5 Å². The van der Waals surface area contributed by atoms with Crippen LogP contribution in [0.4, 0.5) is 5.82 Å². The van der Waals surface area contributed by atoms with E-state index < -0.39 is 0 Å². The lowest BCUT2D eigenvalue weighted by molar-refractivity contribution is 1.08.